The van der Waals surface area contributed by atoms with Crippen molar-refractivity contribution in [1.29, 1.82) is 0 Å². The average Bonchev–Trinajstić information content (AvgIpc) is 2.70. The van der Waals surface area contributed by atoms with Gasteiger partial charge in [-0.25, -0.2) is 4.79 Å². The zero-order valence-electron chi connectivity index (χ0n) is 9.05. The van der Waals surface area contributed by atoms with Gasteiger partial charge in [-0.15, -0.1) is 0 Å². The van der Waals surface area contributed by atoms with Crippen LogP contribution in [0.2, 0.25) is 0 Å². The molecule has 1 aromatic carbocycles. The van der Waals surface area contributed by atoms with Crippen LogP contribution in [0.4, 0.5) is 4.79 Å². The molecule has 0 saturated carbocycles. The lowest BCUT2D eigenvalue weighted by molar-refractivity contribution is 0.247. The Morgan fingerprint density at radius 3 is 2.56 bits per heavy atom. The number of nitrogens with two attached hydrogens (primary N) is 1. The Balaban J connectivity index is 2.14. The lowest BCUT2D eigenvalue weighted by atomic mass is 10.1. The maximum Gasteiger partial charge on any atom is 0.339 e. The monoisotopic (exact) mass is 215 g/mol. The second-order valence-electron chi connectivity index (χ2n) is 3.75. The summed E-state index contributed by atoms with van der Waals surface area (Å²) < 4.78 is 1.14. The third-order valence-electron chi connectivity index (χ3n) is 2.38. The Hall–Kier alpha value is -2.10. The van der Waals surface area contributed by atoms with E-state index in [-0.39, 0.29) is 0 Å². The molecular weight excluding hydrogens is 202 g/mol. The second-order valence-corrected chi connectivity index (χ2v) is 3.75. The van der Waals surface area contributed by atoms with Gasteiger partial charge in [0.2, 0.25) is 0 Å². The minimum atomic E-state index is -0.560. The van der Waals surface area contributed by atoms with Gasteiger partial charge in [-0.3, -0.25) is 0 Å². The lowest BCUT2D eigenvalue weighted by Crippen LogP contribution is -2.20. The first-order valence-corrected chi connectivity index (χ1v) is 5.05. The molecule has 4 heteroatoms. The lowest BCUT2D eigenvalue weighted by Gasteiger charge is -1.98. The highest BCUT2D eigenvalue weighted by Crippen LogP contribution is 2.08. The van der Waals surface area contributed by atoms with Gasteiger partial charge < -0.3 is 5.73 Å². The van der Waals surface area contributed by atoms with Crippen molar-refractivity contribution in [2.75, 3.05) is 0 Å². The predicted molar refractivity (Wildman–Crippen MR) is 61.2 cm³/mol. The molecule has 0 aliphatic heterocycles. The molecule has 0 saturated heterocycles. The molecular formula is C12H13N3O. The molecule has 2 aromatic rings. The maximum atomic E-state index is 10.8. The van der Waals surface area contributed by atoms with E-state index in [2.05, 4.69) is 29.4 Å². The number of hydrogen-bond acceptors (Lipinski definition) is 2. The number of benzene rings is 1. The van der Waals surface area contributed by atoms with E-state index < -0.39 is 6.03 Å². The molecule has 0 unspecified atom stereocenters. The van der Waals surface area contributed by atoms with Crippen molar-refractivity contribution in [3.05, 3.63) is 53.3 Å². The first-order valence-electron chi connectivity index (χ1n) is 5.05. The van der Waals surface area contributed by atoms with Crippen LogP contribution < -0.4 is 5.73 Å². The van der Waals surface area contributed by atoms with E-state index in [1.165, 1.54) is 11.1 Å². The van der Waals surface area contributed by atoms with Gasteiger partial charge in [0.25, 0.3) is 0 Å². The van der Waals surface area contributed by atoms with Crippen molar-refractivity contribution >= 4 is 6.03 Å². The molecule has 1 amide bonds. The summed E-state index contributed by atoms with van der Waals surface area (Å²) in [6, 6.07) is 9.46. The smallest absolute Gasteiger partial charge is 0.339 e. The van der Waals surface area contributed by atoms with Crippen molar-refractivity contribution in [1.82, 2.24) is 9.78 Å². The summed E-state index contributed by atoms with van der Waals surface area (Å²) in [5.74, 6) is 0. The summed E-state index contributed by atoms with van der Waals surface area (Å²) in [4.78, 5) is 10.8. The molecule has 0 spiro atoms. The molecule has 2 N–H and O–H groups in total. The molecule has 0 aliphatic rings. The highest BCUT2D eigenvalue weighted by molar-refractivity contribution is 5.73. The topological polar surface area (TPSA) is 60.9 Å². The number of nitrogens with zero attached hydrogens (tertiary/aromatic N) is 2. The van der Waals surface area contributed by atoms with E-state index in [0.717, 1.165) is 10.4 Å². The van der Waals surface area contributed by atoms with E-state index in [4.69, 9.17) is 5.73 Å². The van der Waals surface area contributed by atoms with Gasteiger partial charge in [-0.1, -0.05) is 29.8 Å². The zero-order chi connectivity index (χ0) is 11.5. The van der Waals surface area contributed by atoms with E-state index in [0.29, 0.717) is 6.42 Å². The van der Waals surface area contributed by atoms with Crippen molar-refractivity contribution in [2.24, 2.45) is 5.73 Å². The first kappa shape index (κ1) is 10.4. The van der Waals surface area contributed by atoms with Crippen molar-refractivity contribution < 1.29 is 4.79 Å². The Bertz CT molecular complexity index is 499. The molecule has 0 fully saturated rings. The highest BCUT2D eigenvalue weighted by Gasteiger charge is 2.03. The minimum absolute atomic E-state index is 0.560. The molecule has 0 radical (unpaired) electrons. The molecule has 2 rings (SSSR count). The third-order valence-corrected chi connectivity index (χ3v) is 2.38. The average molecular weight is 215 g/mol. The van der Waals surface area contributed by atoms with Crippen LogP contribution in [0.15, 0.2) is 36.5 Å². The van der Waals surface area contributed by atoms with Crippen molar-refractivity contribution in [3.63, 3.8) is 0 Å². The molecule has 0 atom stereocenters. The quantitative estimate of drug-likeness (QED) is 0.828. The van der Waals surface area contributed by atoms with Crippen LogP contribution in [-0.2, 0) is 6.42 Å². The summed E-state index contributed by atoms with van der Waals surface area (Å²) >= 11 is 0. The number of carbonyl (C=O) groups is 1. The van der Waals surface area contributed by atoms with Gasteiger partial charge in [-0.2, -0.15) is 9.78 Å². The molecule has 82 valence electrons. The second kappa shape index (κ2) is 4.18. The summed E-state index contributed by atoms with van der Waals surface area (Å²) in [7, 11) is 0. The summed E-state index contributed by atoms with van der Waals surface area (Å²) in [5, 5.41) is 4.07. The molecule has 0 bridgehead atoms. The van der Waals surface area contributed by atoms with E-state index in [9.17, 15) is 4.79 Å². The number of aryl methyl sites for hydroxylation is 1. The van der Waals surface area contributed by atoms with Crippen LogP contribution in [0, 0.1) is 6.92 Å². The van der Waals surface area contributed by atoms with Gasteiger partial charge in [0.15, 0.2) is 0 Å². The van der Waals surface area contributed by atoms with Gasteiger partial charge in [0.1, 0.15) is 0 Å². The molecule has 0 aliphatic carbocycles. The Morgan fingerprint density at radius 1 is 1.31 bits per heavy atom. The standard InChI is InChI=1S/C12H13N3O/c1-9-2-4-10(5-3-9)8-11-6-7-15(14-11)12(13)16/h2-7H,8H2,1H3,(H2,13,16). The van der Waals surface area contributed by atoms with Gasteiger partial charge in [-0.05, 0) is 18.6 Å². The predicted octanol–water partition coefficient (Wildman–Crippen LogP) is 1.71. The fourth-order valence-corrected chi connectivity index (χ4v) is 1.49. The number of primary amides is 1. The third kappa shape index (κ3) is 2.28. The summed E-state index contributed by atoms with van der Waals surface area (Å²) in [6.45, 7) is 2.05. The van der Waals surface area contributed by atoms with Crippen LogP contribution in [0.1, 0.15) is 16.8 Å². The van der Waals surface area contributed by atoms with Crippen LogP contribution in [-0.4, -0.2) is 15.8 Å². The molecule has 1 aromatic heterocycles. The molecule has 4 nitrogen and oxygen atoms in total. The van der Waals surface area contributed by atoms with E-state index in [1.54, 1.807) is 12.3 Å². The SMILES string of the molecule is Cc1ccc(Cc2ccn(C(N)=O)n2)cc1. The molecule has 16 heavy (non-hydrogen) atoms. The van der Waals surface area contributed by atoms with Crippen LogP contribution in [0.3, 0.4) is 0 Å². The summed E-state index contributed by atoms with van der Waals surface area (Å²) in [5.41, 5.74) is 8.33. The first-order chi connectivity index (χ1) is 7.65. The van der Waals surface area contributed by atoms with E-state index >= 15 is 0 Å². The number of carbonyl (C=O) groups excluding carboxylic acids is 1. The number of rotatable bonds is 2. The minimum Gasteiger partial charge on any atom is -0.350 e. The zero-order valence-corrected chi connectivity index (χ0v) is 9.05. The maximum absolute atomic E-state index is 10.8. The van der Waals surface area contributed by atoms with Crippen LogP contribution in [0.25, 0.3) is 0 Å². The Morgan fingerprint density at radius 2 is 2.00 bits per heavy atom. The number of hydrogen-bond donors (Lipinski definition) is 1. The fraction of sp³-hybridized carbons (Fsp3) is 0.167. The number of amides is 1. The van der Waals surface area contributed by atoms with Crippen molar-refractivity contribution in [3.8, 4) is 0 Å². The largest absolute Gasteiger partial charge is 0.350 e. The van der Waals surface area contributed by atoms with Gasteiger partial charge in [0.05, 0.1) is 5.69 Å². The summed E-state index contributed by atoms with van der Waals surface area (Å²) in [6.07, 6.45) is 2.28. The Labute approximate surface area is 93.7 Å². The van der Waals surface area contributed by atoms with Crippen LogP contribution >= 0.6 is 0 Å². The Kier molecular flexibility index (Phi) is 2.72. The fourth-order valence-electron chi connectivity index (χ4n) is 1.49. The van der Waals surface area contributed by atoms with Crippen LogP contribution in [0.5, 0.6) is 0 Å². The highest BCUT2D eigenvalue weighted by atomic mass is 16.2. The van der Waals surface area contributed by atoms with E-state index in [1.807, 2.05) is 6.92 Å². The molecule has 1 heterocycles. The van der Waals surface area contributed by atoms with Crippen molar-refractivity contribution in [2.45, 2.75) is 13.3 Å². The van der Waals surface area contributed by atoms with Gasteiger partial charge >= 0.3 is 6.03 Å². The van der Waals surface area contributed by atoms with Gasteiger partial charge in [0, 0.05) is 12.6 Å². The normalized spacial score (nSPS) is 10.3. The number of aromatic nitrogens is 2.